The summed E-state index contributed by atoms with van der Waals surface area (Å²) in [5.74, 6) is -0.694. The van der Waals surface area contributed by atoms with Crippen molar-refractivity contribution in [2.45, 2.75) is 57.8 Å². The molecule has 3 amide bonds. The summed E-state index contributed by atoms with van der Waals surface area (Å²) >= 11 is 0. The van der Waals surface area contributed by atoms with Crippen molar-refractivity contribution >= 4 is 23.5 Å². The number of carbonyl (C=O) groups is 3. The molecule has 1 saturated heterocycles. The molecule has 0 bridgehead atoms. The molecule has 1 aliphatic heterocycles. The van der Waals surface area contributed by atoms with Gasteiger partial charge in [-0.3, -0.25) is 14.4 Å². The van der Waals surface area contributed by atoms with Gasteiger partial charge < -0.3 is 30.6 Å². The molecular formula is C30H38N6O4. The number of carbonyl (C=O) groups excluding carboxylic acids is 3. The van der Waals surface area contributed by atoms with E-state index < -0.39 is 29.4 Å². The zero-order chi connectivity index (χ0) is 28.7. The van der Waals surface area contributed by atoms with Crippen LogP contribution in [-0.4, -0.2) is 63.4 Å². The van der Waals surface area contributed by atoms with Crippen LogP contribution in [0.15, 0.2) is 67.0 Å². The van der Waals surface area contributed by atoms with Crippen LogP contribution in [0.3, 0.4) is 0 Å². The molecular weight excluding hydrogens is 508 g/mol. The number of nitrogens with one attached hydrogen (secondary N) is 2. The molecule has 4 N–H and O–H groups in total. The summed E-state index contributed by atoms with van der Waals surface area (Å²) in [6, 6.07) is 17.5. The molecule has 0 spiro atoms. The van der Waals surface area contributed by atoms with Crippen LogP contribution in [0, 0.1) is 6.92 Å². The summed E-state index contributed by atoms with van der Waals surface area (Å²) in [4.78, 5) is 45.9. The molecule has 0 radical (unpaired) electrons. The summed E-state index contributed by atoms with van der Waals surface area (Å²) in [5.41, 5.74) is 7.17. The fourth-order valence-corrected chi connectivity index (χ4v) is 4.57. The SMILES string of the molecule is Cc1c(NC(=O)C(COCc2ccccc2)NC(=O)C(C)(C)N)ncn1C(C(=O)N1CCCC1)c1ccccc1. The molecule has 40 heavy (non-hydrogen) atoms. The average molecular weight is 547 g/mol. The van der Waals surface area contributed by atoms with Gasteiger partial charge in [-0.15, -0.1) is 0 Å². The smallest absolute Gasteiger partial charge is 0.250 e. The summed E-state index contributed by atoms with van der Waals surface area (Å²) in [6.45, 7) is 6.59. The molecule has 2 aromatic carbocycles. The Morgan fingerprint density at radius 2 is 1.65 bits per heavy atom. The second-order valence-electron chi connectivity index (χ2n) is 10.7. The molecule has 2 atom stereocenters. The minimum Gasteiger partial charge on any atom is -0.374 e. The number of hydrogen-bond donors (Lipinski definition) is 3. The molecule has 4 rings (SSSR count). The van der Waals surface area contributed by atoms with Crippen LogP contribution in [0.2, 0.25) is 0 Å². The number of anilines is 1. The molecule has 2 heterocycles. The van der Waals surface area contributed by atoms with E-state index in [1.807, 2.05) is 65.6 Å². The Kier molecular flexibility index (Phi) is 9.34. The second-order valence-corrected chi connectivity index (χ2v) is 10.7. The van der Waals surface area contributed by atoms with Crippen LogP contribution >= 0.6 is 0 Å². The molecule has 1 aromatic heterocycles. The molecule has 212 valence electrons. The molecule has 1 fully saturated rings. The third-order valence-corrected chi connectivity index (χ3v) is 6.93. The number of amides is 3. The van der Waals surface area contributed by atoms with Gasteiger partial charge in [0.15, 0.2) is 5.82 Å². The maximum Gasteiger partial charge on any atom is 0.250 e. The van der Waals surface area contributed by atoms with Crippen LogP contribution in [0.1, 0.15) is 49.6 Å². The van der Waals surface area contributed by atoms with Crippen molar-refractivity contribution in [3.05, 3.63) is 83.8 Å². The Hall–Kier alpha value is -4.02. The lowest BCUT2D eigenvalue weighted by atomic mass is 10.0. The number of ether oxygens (including phenoxy) is 1. The van der Waals surface area contributed by atoms with Gasteiger partial charge >= 0.3 is 0 Å². The lowest BCUT2D eigenvalue weighted by molar-refractivity contribution is -0.132. The number of hydrogen-bond acceptors (Lipinski definition) is 6. The highest BCUT2D eigenvalue weighted by Crippen LogP contribution is 2.27. The van der Waals surface area contributed by atoms with Crippen molar-refractivity contribution in [3.63, 3.8) is 0 Å². The minimum atomic E-state index is -1.19. The van der Waals surface area contributed by atoms with Crippen molar-refractivity contribution in [2.75, 3.05) is 25.0 Å². The van der Waals surface area contributed by atoms with Gasteiger partial charge in [0.1, 0.15) is 12.1 Å². The van der Waals surface area contributed by atoms with E-state index in [9.17, 15) is 14.4 Å². The van der Waals surface area contributed by atoms with Gasteiger partial charge in [0.05, 0.1) is 30.8 Å². The normalized spacial score (nSPS) is 14.9. The van der Waals surface area contributed by atoms with E-state index in [4.69, 9.17) is 10.5 Å². The summed E-state index contributed by atoms with van der Waals surface area (Å²) in [5, 5.41) is 5.52. The number of benzene rings is 2. The van der Waals surface area contributed by atoms with Crippen LogP contribution in [0.5, 0.6) is 0 Å². The first kappa shape index (κ1) is 29.0. The second kappa shape index (κ2) is 12.9. The fraction of sp³-hybridized carbons (Fsp3) is 0.400. The zero-order valence-corrected chi connectivity index (χ0v) is 23.3. The highest BCUT2D eigenvalue weighted by atomic mass is 16.5. The lowest BCUT2D eigenvalue weighted by Gasteiger charge is -2.26. The monoisotopic (exact) mass is 546 g/mol. The largest absolute Gasteiger partial charge is 0.374 e. The Balaban J connectivity index is 1.53. The van der Waals surface area contributed by atoms with Gasteiger partial charge in [0.25, 0.3) is 5.91 Å². The number of imidazole rings is 1. The predicted octanol–water partition coefficient (Wildman–Crippen LogP) is 2.78. The number of aromatic nitrogens is 2. The van der Waals surface area contributed by atoms with E-state index in [2.05, 4.69) is 15.6 Å². The van der Waals surface area contributed by atoms with E-state index in [1.165, 1.54) is 0 Å². The van der Waals surface area contributed by atoms with Crippen LogP contribution < -0.4 is 16.4 Å². The molecule has 0 aliphatic carbocycles. The third kappa shape index (κ3) is 7.13. The van der Waals surface area contributed by atoms with Gasteiger partial charge in [-0.2, -0.15) is 0 Å². The van der Waals surface area contributed by atoms with E-state index in [-0.39, 0.29) is 19.1 Å². The van der Waals surface area contributed by atoms with Gasteiger partial charge in [-0.05, 0) is 44.7 Å². The van der Waals surface area contributed by atoms with Gasteiger partial charge in [0, 0.05) is 13.1 Å². The maximum atomic E-state index is 13.6. The van der Waals surface area contributed by atoms with Crippen molar-refractivity contribution < 1.29 is 19.1 Å². The van der Waals surface area contributed by atoms with E-state index >= 15 is 0 Å². The van der Waals surface area contributed by atoms with Crippen molar-refractivity contribution in [2.24, 2.45) is 5.73 Å². The fourth-order valence-electron chi connectivity index (χ4n) is 4.57. The number of nitrogens with zero attached hydrogens (tertiary/aromatic N) is 3. The van der Waals surface area contributed by atoms with E-state index in [1.54, 1.807) is 31.7 Å². The highest BCUT2D eigenvalue weighted by Gasteiger charge is 2.32. The molecule has 0 saturated carbocycles. The summed E-state index contributed by atoms with van der Waals surface area (Å²) < 4.78 is 7.57. The molecule has 10 nitrogen and oxygen atoms in total. The first-order valence-electron chi connectivity index (χ1n) is 13.5. The standard InChI is InChI=1S/C30H38N6O4/c1-21-26(32-20-36(21)25(23-14-8-5-9-15-23)28(38)35-16-10-11-17-35)34-27(37)24(33-29(39)30(2,3)31)19-40-18-22-12-6-4-7-13-22/h4-9,12-15,20,24-25H,10-11,16-19,31H2,1-3H3,(H,33,39)(H,34,37). The molecule has 3 aromatic rings. The molecule has 10 heteroatoms. The highest BCUT2D eigenvalue weighted by molar-refractivity contribution is 5.98. The van der Waals surface area contributed by atoms with Crippen LogP contribution in [0.4, 0.5) is 5.82 Å². The Morgan fingerprint density at radius 1 is 1.02 bits per heavy atom. The van der Waals surface area contributed by atoms with Crippen molar-refractivity contribution in [1.82, 2.24) is 19.8 Å². The minimum absolute atomic E-state index is 0.00768. The lowest BCUT2D eigenvalue weighted by Crippen LogP contribution is -2.56. The van der Waals surface area contributed by atoms with Gasteiger partial charge in [0.2, 0.25) is 11.8 Å². The number of rotatable bonds is 11. The predicted molar refractivity (Wildman–Crippen MR) is 152 cm³/mol. The first-order chi connectivity index (χ1) is 19.1. The topological polar surface area (TPSA) is 132 Å². The Labute approximate surface area is 234 Å². The summed E-state index contributed by atoms with van der Waals surface area (Å²) in [7, 11) is 0. The van der Waals surface area contributed by atoms with Gasteiger partial charge in [-0.25, -0.2) is 4.98 Å². The third-order valence-electron chi connectivity index (χ3n) is 6.93. The van der Waals surface area contributed by atoms with Gasteiger partial charge in [-0.1, -0.05) is 60.7 Å². The van der Waals surface area contributed by atoms with E-state index in [0.29, 0.717) is 11.5 Å². The van der Waals surface area contributed by atoms with Crippen LogP contribution in [0.25, 0.3) is 0 Å². The van der Waals surface area contributed by atoms with Crippen molar-refractivity contribution in [1.29, 1.82) is 0 Å². The summed E-state index contributed by atoms with van der Waals surface area (Å²) in [6.07, 6.45) is 3.53. The molecule has 1 aliphatic rings. The van der Waals surface area contributed by atoms with Crippen molar-refractivity contribution in [3.8, 4) is 0 Å². The quantitative estimate of drug-likeness (QED) is 0.339. The van der Waals surface area contributed by atoms with E-state index in [0.717, 1.165) is 37.1 Å². The Morgan fingerprint density at radius 3 is 2.27 bits per heavy atom. The zero-order valence-electron chi connectivity index (χ0n) is 23.3. The first-order valence-corrected chi connectivity index (χ1v) is 13.5. The Bertz CT molecular complexity index is 1300. The number of nitrogens with two attached hydrogens (primary N) is 1. The number of likely N-dealkylation sites (tertiary alicyclic amines) is 1. The average Bonchev–Trinajstić information content (AvgIpc) is 3.60. The maximum absolute atomic E-state index is 13.6. The molecule has 2 unspecified atom stereocenters. The van der Waals surface area contributed by atoms with Crippen LogP contribution in [-0.2, 0) is 25.7 Å².